The van der Waals surface area contributed by atoms with E-state index in [9.17, 15) is 5.11 Å². The normalized spacial score (nSPS) is 12.2. The first-order valence-corrected chi connectivity index (χ1v) is 9.52. The summed E-state index contributed by atoms with van der Waals surface area (Å²) in [6.07, 6.45) is -0.782. The van der Waals surface area contributed by atoms with Crippen molar-refractivity contribution < 1.29 is 9.84 Å². The van der Waals surface area contributed by atoms with Gasteiger partial charge >= 0.3 is 0 Å². The summed E-state index contributed by atoms with van der Waals surface area (Å²) in [5.41, 5.74) is 5.16. The van der Waals surface area contributed by atoms with Crippen molar-refractivity contribution >= 4 is 11.0 Å². The lowest BCUT2D eigenvalue weighted by Gasteiger charge is -2.15. The topological polar surface area (TPSA) is 47.3 Å². The SMILES string of the molecule is Cc1ccc(OCCn2c(C(O)c3ccccc3)nc3ccccc32)cc1C. The van der Waals surface area contributed by atoms with Crippen molar-refractivity contribution in [1.82, 2.24) is 9.55 Å². The molecule has 0 aliphatic rings. The monoisotopic (exact) mass is 372 g/mol. The maximum Gasteiger partial charge on any atom is 0.143 e. The number of imidazole rings is 1. The number of nitrogens with zero attached hydrogens (tertiary/aromatic N) is 2. The molecule has 3 aromatic carbocycles. The van der Waals surface area contributed by atoms with E-state index in [1.54, 1.807) is 0 Å². The molecule has 142 valence electrons. The summed E-state index contributed by atoms with van der Waals surface area (Å²) in [6.45, 7) is 5.28. The van der Waals surface area contributed by atoms with Crippen molar-refractivity contribution in [2.75, 3.05) is 6.61 Å². The number of hydrogen-bond donors (Lipinski definition) is 1. The number of hydrogen-bond acceptors (Lipinski definition) is 3. The van der Waals surface area contributed by atoms with Crippen LogP contribution in [0.25, 0.3) is 11.0 Å². The van der Waals surface area contributed by atoms with Gasteiger partial charge in [-0.05, 0) is 54.8 Å². The molecule has 4 nitrogen and oxygen atoms in total. The fraction of sp³-hybridized carbons (Fsp3) is 0.208. The van der Waals surface area contributed by atoms with Crippen molar-refractivity contribution in [2.45, 2.75) is 26.5 Å². The maximum absolute atomic E-state index is 10.9. The van der Waals surface area contributed by atoms with Gasteiger partial charge in [0.2, 0.25) is 0 Å². The van der Waals surface area contributed by atoms with Gasteiger partial charge in [0.1, 0.15) is 24.3 Å². The second-order valence-corrected chi connectivity index (χ2v) is 7.02. The fourth-order valence-electron chi connectivity index (χ4n) is 3.38. The predicted octanol–water partition coefficient (Wildman–Crippen LogP) is 4.81. The van der Waals surface area contributed by atoms with Gasteiger partial charge in [-0.15, -0.1) is 0 Å². The molecule has 1 N–H and O–H groups in total. The summed E-state index contributed by atoms with van der Waals surface area (Å²) in [6, 6.07) is 23.7. The summed E-state index contributed by atoms with van der Waals surface area (Å²) in [4.78, 5) is 4.70. The van der Waals surface area contributed by atoms with Crippen LogP contribution in [0.5, 0.6) is 5.75 Å². The van der Waals surface area contributed by atoms with Crippen molar-refractivity contribution in [3.8, 4) is 5.75 Å². The molecule has 0 aliphatic carbocycles. The third-order valence-electron chi connectivity index (χ3n) is 5.11. The van der Waals surface area contributed by atoms with Gasteiger partial charge in [-0.2, -0.15) is 0 Å². The molecule has 0 saturated carbocycles. The number of rotatable bonds is 6. The molecule has 0 spiro atoms. The van der Waals surface area contributed by atoms with E-state index in [1.807, 2.05) is 65.2 Å². The van der Waals surface area contributed by atoms with E-state index >= 15 is 0 Å². The maximum atomic E-state index is 10.9. The molecule has 1 atom stereocenters. The van der Waals surface area contributed by atoms with Gasteiger partial charge in [0, 0.05) is 0 Å². The number of aliphatic hydroxyl groups is 1. The van der Waals surface area contributed by atoms with Crippen LogP contribution in [0.2, 0.25) is 0 Å². The largest absolute Gasteiger partial charge is 0.492 e. The van der Waals surface area contributed by atoms with Crippen molar-refractivity contribution in [3.05, 3.63) is 95.3 Å². The number of para-hydroxylation sites is 2. The second-order valence-electron chi connectivity index (χ2n) is 7.02. The van der Waals surface area contributed by atoms with Crippen molar-refractivity contribution in [1.29, 1.82) is 0 Å². The highest BCUT2D eigenvalue weighted by Crippen LogP contribution is 2.26. The Balaban J connectivity index is 1.60. The quantitative estimate of drug-likeness (QED) is 0.528. The first-order chi connectivity index (χ1) is 13.6. The minimum absolute atomic E-state index is 0.497. The molecule has 0 bridgehead atoms. The summed E-state index contributed by atoms with van der Waals surface area (Å²) in [5, 5.41) is 10.9. The molecular weight excluding hydrogens is 348 g/mol. The zero-order valence-corrected chi connectivity index (χ0v) is 16.2. The van der Waals surface area contributed by atoms with E-state index in [-0.39, 0.29) is 0 Å². The van der Waals surface area contributed by atoms with Crippen LogP contribution < -0.4 is 4.74 Å². The van der Waals surface area contributed by atoms with Gasteiger partial charge in [-0.25, -0.2) is 4.98 Å². The number of aryl methyl sites for hydroxylation is 2. The van der Waals surface area contributed by atoms with Crippen LogP contribution in [0.1, 0.15) is 28.6 Å². The minimum Gasteiger partial charge on any atom is -0.492 e. The smallest absolute Gasteiger partial charge is 0.143 e. The summed E-state index contributed by atoms with van der Waals surface area (Å²) in [7, 11) is 0. The zero-order valence-electron chi connectivity index (χ0n) is 16.2. The molecule has 4 rings (SSSR count). The van der Waals surface area contributed by atoms with Gasteiger partial charge in [-0.3, -0.25) is 0 Å². The number of ether oxygens (including phenoxy) is 1. The Hall–Kier alpha value is -3.11. The Kier molecular flexibility index (Phi) is 5.13. The number of aromatic nitrogens is 2. The third-order valence-corrected chi connectivity index (χ3v) is 5.11. The number of benzene rings is 3. The first-order valence-electron chi connectivity index (χ1n) is 9.52. The molecule has 1 heterocycles. The van der Waals surface area contributed by atoms with E-state index in [0.29, 0.717) is 19.0 Å². The van der Waals surface area contributed by atoms with Crippen LogP contribution in [0.15, 0.2) is 72.8 Å². The molecule has 0 aliphatic heterocycles. The van der Waals surface area contributed by atoms with Crippen LogP contribution in [0.4, 0.5) is 0 Å². The summed E-state index contributed by atoms with van der Waals surface area (Å²) >= 11 is 0. The number of fused-ring (bicyclic) bond motifs is 1. The first kappa shape index (κ1) is 18.3. The second kappa shape index (κ2) is 7.87. The Morgan fingerprint density at radius 3 is 2.46 bits per heavy atom. The molecule has 0 fully saturated rings. The van der Waals surface area contributed by atoms with Crippen LogP contribution >= 0.6 is 0 Å². The van der Waals surface area contributed by atoms with Crippen LogP contribution in [0, 0.1) is 13.8 Å². The lowest BCUT2D eigenvalue weighted by atomic mass is 10.1. The highest BCUT2D eigenvalue weighted by atomic mass is 16.5. The average molecular weight is 372 g/mol. The zero-order chi connectivity index (χ0) is 19.5. The van der Waals surface area contributed by atoms with E-state index in [0.717, 1.165) is 22.3 Å². The van der Waals surface area contributed by atoms with Crippen molar-refractivity contribution in [2.24, 2.45) is 0 Å². The predicted molar refractivity (Wildman–Crippen MR) is 112 cm³/mol. The minimum atomic E-state index is -0.782. The Labute approximate surface area is 165 Å². The molecule has 4 heteroatoms. The fourth-order valence-corrected chi connectivity index (χ4v) is 3.38. The standard InChI is InChI=1S/C24H24N2O2/c1-17-12-13-20(16-18(17)2)28-15-14-26-22-11-7-6-10-21(22)25-24(26)23(27)19-8-4-3-5-9-19/h3-13,16,23,27H,14-15H2,1-2H3. The Bertz CT molecular complexity index is 1090. The van der Waals surface area contributed by atoms with Crippen LogP contribution in [-0.2, 0) is 6.54 Å². The van der Waals surface area contributed by atoms with Gasteiger partial charge < -0.3 is 14.4 Å². The lowest BCUT2D eigenvalue weighted by molar-refractivity contribution is 0.201. The summed E-state index contributed by atoms with van der Waals surface area (Å²) in [5.74, 6) is 1.49. The van der Waals surface area contributed by atoms with Crippen LogP contribution in [-0.4, -0.2) is 21.3 Å². The van der Waals surface area contributed by atoms with E-state index in [1.165, 1.54) is 11.1 Å². The van der Waals surface area contributed by atoms with Gasteiger partial charge in [0.15, 0.2) is 0 Å². The Morgan fingerprint density at radius 2 is 1.68 bits per heavy atom. The van der Waals surface area contributed by atoms with Gasteiger partial charge in [-0.1, -0.05) is 48.5 Å². The molecule has 28 heavy (non-hydrogen) atoms. The lowest BCUT2D eigenvalue weighted by Crippen LogP contribution is -2.14. The molecule has 1 unspecified atom stereocenters. The molecule has 0 saturated heterocycles. The van der Waals surface area contributed by atoms with Crippen LogP contribution in [0.3, 0.4) is 0 Å². The molecule has 4 aromatic rings. The van der Waals surface area contributed by atoms with E-state index in [4.69, 9.17) is 9.72 Å². The molecule has 0 amide bonds. The summed E-state index contributed by atoms with van der Waals surface area (Å²) < 4.78 is 8.02. The molecular formula is C24H24N2O2. The number of aliphatic hydroxyl groups excluding tert-OH is 1. The van der Waals surface area contributed by atoms with Crippen molar-refractivity contribution in [3.63, 3.8) is 0 Å². The van der Waals surface area contributed by atoms with E-state index < -0.39 is 6.10 Å². The van der Waals surface area contributed by atoms with E-state index in [2.05, 4.69) is 26.0 Å². The van der Waals surface area contributed by atoms with Gasteiger partial charge in [0.25, 0.3) is 0 Å². The third kappa shape index (κ3) is 3.64. The molecule has 1 aromatic heterocycles. The molecule has 0 radical (unpaired) electrons. The Morgan fingerprint density at radius 1 is 0.929 bits per heavy atom. The van der Waals surface area contributed by atoms with Gasteiger partial charge in [0.05, 0.1) is 17.6 Å². The highest BCUT2D eigenvalue weighted by molar-refractivity contribution is 5.76. The highest BCUT2D eigenvalue weighted by Gasteiger charge is 2.19. The average Bonchev–Trinajstić information content (AvgIpc) is 3.09.